The first-order valence-corrected chi connectivity index (χ1v) is 6.88. The molecule has 0 amide bonds. The summed E-state index contributed by atoms with van der Waals surface area (Å²) in [5.41, 5.74) is 1.76. The van der Waals surface area contributed by atoms with Gasteiger partial charge in [-0.1, -0.05) is 48.0 Å². The van der Waals surface area contributed by atoms with Gasteiger partial charge in [0.2, 0.25) is 0 Å². The van der Waals surface area contributed by atoms with Gasteiger partial charge >= 0.3 is 0 Å². The number of halogens is 1. The second-order valence-corrected chi connectivity index (χ2v) is 5.20. The Morgan fingerprint density at radius 2 is 1.75 bits per heavy atom. The van der Waals surface area contributed by atoms with E-state index in [0.717, 1.165) is 22.0 Å². The van der Waals surface area contributed by atoms with Gasteiger partial charge in [0.25, 0.3) is 0 Å². The quantitative estimate of drug-likeness (QED) is 0.783. The summed E-state index contributed by atoms with van der Waals surface area (Å²) in [6.07, 6.45) is 1.64. The minimum absolute atomic E-state index is 0.526. The zero-order chi connectivity index (χ0) is 13.9. The fourth-order valence-corrected chi connectivity index (χ4v) is 2.47. The average Bonchev–Trinajstić information content (AvgIpc) is 2.49. The molecule has 0 aliphatic heterocycles. The average molecular weight is 284 g/mol. The summed E-state index contributed by atoms with van der Waals surface area (Å²) in [6, 6.07) is 17.4. The fraction of sp³-hybridized carbons (Fsp3) is 0.118. The molecule has 2 nitrogen and oxygen atoms in total. The van der Waals surface area contributed by atoms with Crippen molar-refractivity contribution in [3.05, 3.63) is 77.1 Å². The Morgan fingerprint density at radius 3 is 2.55 bits per heavy atom. The molecule has 3 aromatic rings. The van der Waals surface area contributed by atoms with E-state index < -0.39 is 6.10 Å². The Morgan fingerprint density at radius 1 is 1.00 bits per heavy atom. The third-order valence-corrected chi connectivity index (χ3v) is 3.61. The molecule has 1 heterocycles. The molecule has 0 spiro atoms. The van der Waals surface area contributed by atoms with Gasteiger partial charge in [0.05, 0.1) is 5.69 Å². The molecule has 0 bridgehead atoms. The Kier molecular flexibility index (Phi) is 3.68. The van der Waals surface area contributed by atoms with Crippen LogP contribution in [0.5, 0.6) is 0 Å². The first-order valence-electron chi connectivity index (χ1n) is 6.50. The van der Waals surface area contributed by atoms with Crippen LogP contribution < -0.4 is 0 Å². The van der Waals surface area contributed by atoms with E-state index in [1.54, 1.807) is 6.20 Å². The summed E-state index contributed by atoms with van der Waals surface area (Å²) in [7, 11) is 0. The van der Waals surface area contributed by atoms with Gasteiger partial charge in [0.1, 0.15) is 6.10 Å². The first kappa shape index (κ1) is 13.1. The van der Waals surface area contributed by atoms with E-state index in [1.165, 1.54) is 0 Å². The lowest BCUT2D eigenvalue weighted by molar-refractivity contribution is 0.175. The number of benzene rings is 2. The number of hydrogen-bond donors (Lipinski definition) is 1. The largest absolute Gasteiger partial charge is 0.386 e. The molecule has 20 heavy (non-hydrogen) atoms. The number of hydrogen-bond acceptors (Lipinski definition) is 2. The minimum atomic E-state index is -0.623. The van der Waals surface area contributed by atoms with Crippen molar-refractivity contribution in [2.24, 2.45) is 0 Å². The molecule has 1 atom stereocenters. The number of fused-ring (bicyclic) bond motifs is 1. The molecule has 1 aromatic heterocycles. The molecule has 0 aliphatic carbocycles. The van der Waals surface area contributed by atoms with Crippen LogP contribution >= 0.6 is 11.6 Å². The highest BCUT2D eigenvalue weighted by atomic mass is 35.5. The van der Waals surface area contributed by atoms with Crippen LogP contribution in [0.1, 0.15) is 17.4 Å². The monoisotopic (exact) mass is 283 g/mol. The highest BCUT2D eigenvalue weighted by Gasteiger charge is 2.13. The molecule has 100 valence electrons. The normalized spacial score (nSPS) is 12.5. The molecule has 0 saturated carbocycles. The Balaban J connectivity index is 1.92. The lowest BCUT2D eigenvalue weighted by Gasteiger charge is -2.12. The summed E-state index contributed by atoms with van der Waals surface area (Å²) in [6.45, 7) is 0. The third-order valence-electron chi connectivity index (χ3n) is 3.36. The molecule has 1 unspecified atom stereocenters. The second-order valence-electron chi connectivity index (χ2n) is 4.76. The zero-order valence-electron chi connectivity index (χ0n) is 10.8. The van der Waals surface area contributed by atoms with Crippen molar-refractivity contribution in [3.63, 3.8) is 0 Å². The van der Waals surface area contributed by atoms with Crippen molar-refractivity contribution in [1.82, 2.24) is 4.98 Å². The molecular weight excluding hydrogens is 270 g/mol. The lowest BCUT2D eigenvalue weighted by Crippen LogP contribution is -2.04. The summed E-state index contributed by atoms with van der Waals surface area (Å²) < 4.78 is 0. The van der Waals surface area contributed by atoms with Gasteiger partial charge in [0, 0.05) is 23.0 Å². The predicted molar refractivity (Wildman–Crippen MR) is 81.9 cm³/mol. The highest BCUT2D eigenvalue weighted by molar-refractivity contribution is 6.30. The van der Waals surface area contributed by atoms with Crippen molar-refractivity contribution in [2.75, 3.05) is 0 Å². The van der Waals surface area contributed by atoms with Gasteiger partial charge in [-0.2, -0.15) is 0 Å². The summed E-state index contributed by atoms with van der Waals surface area (Å²) >= 11 is 5.87. The lowest BCUT2D eigenvalue weighted by atomic mass is 10.0. The third kappa shape index (κ3) is 2.67. The van der Waals surface area contributed by atoms with Gasteiger partial charge in [0.15, 0.2) is 0 Å². The molecule has 0 radical (unpaired) electrons. The van der Waals surface area contributed by atoms with E-state index in [9.17, 15) is 5.11 Å². The maximum absolute atomic E-state index is 10.4. The first-order chi connectivity index (χ1) is 9.74. The number of aliphatic hydroxyl groups excluding tert-OH is 1. The summed E-state index contributed by atoms with van der Waals surface area (Å²) in [4.78, 5) is 4.34. The maximum atomic E-state index is 10.4. The molecule has 0 fully saturated rings. The Hall–Kier alpha value is -1.90. The van der Waals surface area contributed by atoms with E-state index in [0.29, 0.717) is 11.4 Å². The van der Waals surface area contributed by atoms with Crippen LogP contribution in [0.2, 0.25) is 5.02 Å². The van der Waals surface area contributed by atoms with Crippen molar-refractivity contribution >= 4 is 22.4 Å². The minimum Gasteiger partial charge on any atom is -0.386 e. The Labute approximate surface area is 122 Å². The van der Waals surface area contributed by atoms with Crippen molar-refractivity contribution in [1.29, 1.82) is 0 Å². The van der Waals surface area contributed by atoms with Crippen molar-refractivity contribution < 1.29 is 5.11 Å². The van der Waals surface area contributed by atoms with Crippen LogP contribution in [0.15, 0.2) is 60.8 Å². The number of nitrogens with zero attached hydrogens (tertiary/aromatic N) is 1. The SMILES string of the molecule is OC(Cc1ccc(Cl)cc1)c1nccc2ccccc12. The van der Waals surface area contributed by atoms with E-state index in [2.05, 4.69) is 4.98 Å². The number of pyridine rings is 1. The zero-order valence-corrected chi connectivity index (χ0v) is 11.6. The maximum Gasteiger partial charge on any atom is 0.101 e. The molecule has 1 N–H and O–H groups in total. The Bertz CT molecular complexity index is 719. The fourth-order valence-electron chi connectivity index (χ4n) is 2.35. The molecule has 2 aromatic carbocycles. The number of aromatic nitrogens is 1. The molecule has 3 rings (SSSR count). The van der Waals surface area contributed by atoms with Crippen LogP contribution in [0, 0.1) is 0 Å². The standard InChI is InChI=1S/C17H14ClNO/c18-14-7-5-12(6-8-14)11-16(20)17-15-4-2-1-3-13(15)9-10-19-17/h1-10,16,20H,11H2. The number of rotatable bonds is 3. The summed E-state index contributed by atoms with van der Waals surface area (Å²) in [5, 5.41) is 13.2. The van der Waals surface area contributed by atoms with Crippen LogP contribution in [0.3, 0.4) is 0 Å². The highest BCUT2D eigenvalue weighted by Crippen LogP contribution is 2.25. The van der Waals surface area contributed by atoms with Gasteiger partial charge in [-0.05, 0) is 29.1 Å². The van der Waals surface area contributed by atoms with Gasteiger partial charge < -0.3 is 5.11 Å². The van der Waals surface area contributed by atoms with E-state index >= 15 is 0 Å². The molecule has 0 saturated heterocycles. The van der Waals surface area contributed by atoms with Gasteiger partial charge in [-0.15, -0.1) is 0 Å². The molecule has 3 heteroatoms. The molecule has 0 aliphatic rings. The number of aliphatic hydroxyl groups is 1. The van der Waals surface area contributed by atoms with Gasteiger partial charge in [-0.25, -0.2) is 0 Å². The predicted octanol–water partition coefficient (Wildman–Crippen LogP) is 4.16. The molecular formula is C17H14ClNO. The van der Waals surface area contributed by atoms with Crippen LogP contribution in [0.25, 0.3) is 10.8 Å². The van der Waals surface area contributed by atoms with Crippen LogP contribution in [-0.4, -0.2) is 10.1 Å². The van der Waals surface area contributed by atoms with Crippen LogP contribution in [0.4, 0.5) is 0 Å². The van der Waals surface area contributed by atoms with E-state index in [-0.39, 0.29) is 0 Å². The van der Waals surface area contributed by atoms with Crippen molar-refractivity contribution in [2.45, 2.75) is 12.5 Å². The van der Waals surface area contributed by atoms with Crippen molar-refractivity contribution in [3.8, 4) is 0 Å². The summed E-state index contributed by atoms with van der Waals surface area (Å²) in [5.74, 6) is 0. The van der Waals surface area contributed by atoms with E-state index in [1.807, 2.05) is 54.6 Å². The van der Waals surface area contributed by atoms with E-state index in [4.69, 9.17) is 11.6 Å². The van der Waals surface area contributed by atoms with Crippen LogP contribution in [-0.2, 0) is 6.42 Å². The van der Waals surface area contributed by atoms with Gasteiger partial charge in [-0.3, -0.25) is 4.98 Å². The second kappa shape index (κ2) is 5.61. The smallest absolute Gasteiger partial charge is 0.101 e. The topological polar surface area (TPSA) is 33.1 Å².